The van der Waals surface area contributed by atoms with E-state index in [9.17, 15) is 9.90 Å². The van der Waals surface area contributed by atoms with Crippen LogP contribution in [0.5, 0.6) is 11.5 Å². The molecular formula is C16H17NO3. The van der Waals surface area contributed by atoms with Crippen LogP contribution in [0.2, 0.25) is 0 Å². The number of ether oxygens (including phenoxy) is 1. The number of benzene rings is 2. The van der Waals surface area contributed by atoms with Crippen LogP contribution >= 0.6 is 0 Å². The van der Waals surface area contributed by atoms with Gasteiger partial charge in [0, 0.05) is 17.3 Å². The van der Waals surface area contributed by atoms with Gasteiger partial charge in [-0.2, -0.15) is 0 Å². The first-order chi connectivity index (χ1) is 9.60. The molecule has 2 rings (SSSR count). The van der Waals surface area contributed by atoms with E-state index in [-0.39, 0.29) is 11.7 Å². The number of amides is 1. The minimum absolute atomic E-state index is 0.112. The number of carbonyl (C=O) groups is 1. The Morgan fingerprint density at radius 2 is 2.05 bits per heavy atom. The Hall–Kier alpha value is -2.49. The molecule has 0 spiro atoms. The summed E-state index contributed by atoms with van der Waals surface area (Å²) in [7, 11) is 0. The van der Waals surface area contributed by atoms with Crippen molar-refractivity contribution in [3.05, 3.63) is 53.6 Å². The molecule has 0 radical (unpaired) electrons. The molecule has 2 aromatic carbocycles. The van der Waals surface area contributed by atoms with Crippen molar-refractivity contribution in [1.29, 1.82) is 0 Å². The number of aromatic hydroxyl groups is 1. The van der Waals surface area contributed by atoms with Crippen molar-refractivity contribution in [2.45, 2.75) is 13.8 Å². The number of rotatable bonds is 4. The molecule has 0 aliphatic carbocycles. The Labute approximate surface area is 118 Å². The molecule has 0 aliphatic heterocycles. The highest BCUT2D eigenvalue weighted by molar-refractivity contribution is 6.04. The Morgan fingerprint density at radius 3 is 2.75 bits per heavy atom. The minimum atomic E-state index is -0.269. The number of phenolic OH excluding ortho intramolecular Hbond substituents is 1. The quantitative estimate of drug-likeness (QED) is 0.896. The fourth-order valence-corrected chi connectivity index (χ4v) is 1.78. The molecule has 0 heterocycles. The van der Waals surface area contributed by atoms with Gasteiger partial charge >= 0.3 is 0 Å². The number of phenols is 1. The standard InChI is InChI=1S/C16H17NO3/c1-3-20-14-6-4-5-13(10-14)17-16(19)12-8-7-11(2)15(18)9-12/h4-10,18H,3H2,1-2H3,(H,17,19). The van der Waals surface area contributed by atoms with Crippen LogP contribution in [0.15, 0.2) is 42.5 Å². The Bertz CT molecular complexity index is 623. The third-order valence-corrected chi connectivity index (χ3v) is 2.87. The highest BCUT2D eigenvalue weighted by atomic mass is 16.5. The summed E-state index contributed by atoms with van der Waals surface area (Å²) in [6, 6.07) is 12.0. The number of nitrogens with one attached hydrogen (secondary N) is 1. The second kappa shape index (κ2) is 6.10. The lowest BCUT2D eigenvalue weighted by molar-refractivity contribution is 0.102. The summed E-state index contributed by atoms with van der Waals surface area (Å²) in [5.74, 6) is 0.548. The van der Waals surface area contributed by atoms with E-state index in [4.69, 9.17) is 4.74 Å². The molecule has 0 saturated heterocycles. The van der Waals surface area contributed by atoms with Gasteiger partial charge in [0.2, 0.25) is 0 Å². The molecule has 104 valence electrons. The molecular weight excluding hydrogens is 254 g/mol. The highest BCUT2D eigenvalue weighted by Crippen LogP contribution is 2.20. The normalized spacial score (nSPS) is 10.1. The molecule has 0 bridgehead atoms. The largest absolute Gasteiger partial charge is 0.508 e. The average molecular weight is 271 g/mol. The van der Waals surface area contributed by atoms with Crippen LogP contribution < -0.4 is 10.1 Å². The van der Waals surface area contributed by atoms with E-state index in [1.54, 1.807) is 31.2 Å². The SMILES string of the molecule is CCOc1cccc(NC(=O)c2ccc(C)c(O)c2)c1. The molecule has 2 N–H and O–H groups in total. The summed E-state index contributed by atoms with van der Waals surface area (Å²) < 4.78 is 5.38. The number of anilines is 1. The number of hydrogen-bond acceptors (Lipinski definition) is 3. The Balaban J connectivity index is 2.14. The predicted octanol–water partition coefficient (Wildman–Crippen LogP) is 3.35. The second-order valence-electron chi connectivity index (χ2n) is 4.42. The van der Waals surface area contributed by atoms with Crippen LogP contribution in [-0.4, -0.2) is 17.6 Å². The lowest BCUT2D eigenvalue weighted by Crippen LogP contribution is -2.11. The van der Waals surface area contributed by atoms with Crippen LogP contribution in [0.1, 0.15) is 22.8 Å². The number of carbonyl (C=O) groups excluding carboxylic acids is 1. The third-order valence-electron chi connectivity index (χ3n) is 2.87. The fraction of sp³-hybridized carbons (Fsp3) is 0.188. The molecule has 0 unspecified atom stereocenters. The predicted molar refractivity (Wildman–Crippen MR) is 78.4 cm³/mol. The average Bonchev–Trinajstić information content (AvgIpc) is 2.42. The van der Waals surface area contributed by atoms with E-state index >= 15 is 0 Å². The molecule has 0 saturated carbocycles. The summed E-state index contributed by atoms with van der Waals surface area (Å²) >= 11 is 0. The van der Waals surface area contributed by atoms with Crippen molar-refractivity contribution in [3.8, 4) is 11.5 Å². The van der Waals surface area contributed by atoms with Crippen molar-refractivity contribution in [1.82, 2.24) is 0 Å². The van der Waals surface area contributed by atoms with E-state index in [2.05, 4.69) is 5.32 Å². The first-order valence-corrected chi connectivity index (χ1v) is 6.44. The van der Waals surface area contributed by atoms with Crippen molar-refractivity contribution in [2.75, 3.05) is 11.9 Å². The maximum absolute atomic E-state index is 12.1. The topological polar surface area (TPSA) is 58.6 Å². The zero-order chi connectivity index (χ0) is 14.5. The van der Waals surface area contributed by atoms with Gasteiger partial charge in [-0.05, 0) is 43.7 Å². The van der Waals surface area contributed by atoms with Gasteiger partial charge in [0.15, 0.2) is 0 Å². The summed E-state index contributed by atoms with van der Waals surface area (Å²) in [4.78, 5) is 12.1. The van der Waals surface area contributed by atoms with Crippen molar-refractivity contribution < 1.29 is 14.6 Å². The molecule has 0 aromatic heterocycles. The fourth-order valence-electron chi connectivity index (χ4n) is 1.78. The van der Waals surface area contributed by atoms with Gasteiger partial charge in [-0.3, -0.25) is 4.79 Å². The molecule has 4 nitrogen and oxygen atoms in total. The van der Waals surface area contributed by atoms with Gasteiger partial charge in [0.25, 0.3) is 5.91 Å². The third kappa shape index (κ3) is 3.29. The van der Waals surface area contributed by atoms with Gasteiger partial charge < -0.3 is 15.2 Å². The molecule has 0 atom stereocenters. The van der Waals surface area contributed by atoms with Crippen molar-refractivity contribution >= 4 is 11.6 Å². The summed E-state index contributed by atoms with van der Waals surface area (Å²) in [5.41, 5.74) is 1.80. The van der Waals surface area contributed by atoms with Crippen LogP contribution in [-0.2, 0) is 0 Å². The van der Waals surface area contributed by atoms with Crippen molar-refractivity contribution in [3.63, 3.8) is 0 Å². The smallest absolute Gasteiger partial charge is 0.255 e. The monoisotopic (exact) mass is 271 g/mol. The number of aryl methyl sites for hydroxylation is 1. The first-order valence-electron chi connectivity index (χ1n) is 6.44. The lowest BCUT2D eigenvalue weighted by atomic mass is 10.1. The summed E-state index contributed by atoms with van der Waals surface area (Å²) in [5, 5.41) is 12.4. The minimum Gasteiger partial charge on any atom is -0.508 e. The van der Waals surface area contributed by atoms with Gasteiger partial charge in [0.1, 0.15) is 11.5 Å². The lowest BCUT2D eigenvalue weighted by Gasteiger charge is -2.08. The number of hydrogen-bond donors (Lipinski definition) is 2. The second-order valence-corrected chi connectivity index (χ2v) is 4.42. The van der Waals surface area contributed by atoms with Crippen molar-refractivity contribution in [2.24, 2.45) is 0 Å². The van der Waals surface area contributed by atoms with E-state index < -0.39 is 0 Å². The summed E-state index contributed by atoms with van der Waals surface area (Å²) in [6.45, 7) is 4.26. The van der Waals surface area contributed by atoms with Gasteiger partial charge in [-0.25, -0.2) is 0 Å². The maximum atomic E-state index is 12.1. The highest BCUT2D eigenvalue weighted by Gasteiger charge is 2.08. The molecule has 0 fully saturated rings. The Kier molecular flexibility index (Phi) is 4.25. The van der Waals surface area contributed by atoms with Crippen LogP contribution in [0.3, 0.4) is 0 Å². The van der Waals surface area contributed by atoms with E-state index in [0.29, 0.717) is 23.6 Å². The molecule has 4 heteroatoms. The molecule has 1 amide bonds. The maximum Gasteiger partial charge on any atom is 0.255 e. The van der Waals surface area contributed by atoms with Gasteiger partial charge in [0.05, 0.1) is 6.61 Å². The van der Waals surface area contributed by atoms with Gasteiger partial charge in [-0.15, -0.1) is 0 Å². The zero-order valence-electron chi connectivity index (χ0n) is 11.5. The van der Waals surface area contributed by atoms with E-state index in [1.807, 2.05) is 19.1 Å². The molecule has 0 aliphatic rings. The van der Waals surface area contributed by atoms with Crippen LogP contribution in [0.25, 0.3) is 0 Å². The first kappa shape index (κ1) is 13.9. The summed E-state index contributed by atoms with van der Waals surface area (Å²) in [6.07, 6.45) is 0. The van der Waals surface area contributed by atoms with E-state index in [1.165, 1.54) is 6.07 Å². The molecule has 2 aromatic rings. The van der Waals surface area contributed by atoms with Crippen LogP contribution in [0, 0.1) is 6.92 Å². The molecule has 20 heavy (non-hydrogen) atoms. The zero-order valence-corrected chi connectivity index (χ0v) is 11.5. The Morgan fingerprint density at radius 1 is 1.25 bits per heavy atom. The van der Waals surface area contributed by atoms with E-state index in [0.717, 1.165) is 5.56 Å². The van der Waals surface area contributed by atoms with Crippen LogP contribution in [0.4, 0.5) is 5.69 Å². The van der Waals surface area contributed by atoms with Gasteiger partial charge in [-0.1, -0.05) is 12.1 Å².